The van der Waals surface area contributed by atoms with E-state index in [2.05, 4.69) is 14.9 Å². The Bertz CT molecular complexity index is 1050. The molecule has 0 spiro atoms. The molecule has 30 heavy (non-hydrogen) atoms. The number of ether oxygens (including phenoxy) is 2. The minimum atomic E-state index is -0.654. The van der Waals surface area contributed by atoms with Crippen LogP contribution in [0.5, 0.6) is 5.75 Å². The molecule has 0 radical (unpaired) electrons. The molecule has 0 atom stereocenters. The Morgan fingerprint density at radius 3 is 2.37 bits per heavy atom. The van der Waals surface area contributed by atoms with Gasteiger partial charge in [-0.3, -0.25) is 9.78 Å². The average molecular weight is 406 g/mol. The number of anilines is 1. The van der Waals surface area contributed by atoms with Crippen LogP contribution in [0.2, 0.25) is 0 Å². The number of aromatic nitrogens is 2. The third-order valence-corrected chi connectivity index (χ3v) is 5.05. The number of rotatable bonds is 5. The maximum absolute atomic E-state index is 12.5. The number of benzene rings is 2. The Morgan fingerprint density at radius 1 is 0.967 bits per heavy atom. The van der Waals surface area contributed by atoms with Crippen molar-refractivity contribution in [3.63, 3.8) is 0 Å². The first-order valence-corrected chi connectivity index (χ1v) is 9.70. The van der Waals surface area contributed by atoms with Gasteiger partial charge in [0.2, 0.25) is 0 Å². The van der Waals surface area contributed by atoms with Crippen LogP contribution in [0.15, 0.2) is 54.7 Å². The number of methoxy groups -OCH3 is 1. The molecule has 0 N–H and O–H groups in total. The molecular formula is C22H22N4O4. The summed E-state index contributed by atoms with van der Waals surface area (Å²) in [6, 6.07) is 15.1. The molecule has 1 aliphatic rings. The number of para-hydroxylation sites is 2. The second kappa shape index (κ2) is 8.77. The van der Waals surface area contributed by atoms with E-state index in [0.717, 1.165) is 11.4 Å². The van der Waals surface area contributed by atoms with E-state index >= 15 is 0 Å². The van der Waals surface area contributed by atoms with Crippen molar-refractivity contribution < 1.29 is 19.1 Å². The van der Waals surface area contributed by atoms with Crippen LogP contribution in [0.4, 0.5) is 5.69 Å². The van der Waals surface area contributed by atoms with Gasteiger partial charge in [0.25, 0.3) is 5.91 Å². The van der Waals surface area contributed by atoms with Crippen molar-refractivity contribution in [1.29, 1.82) is 0 Å². The normalized spacial score (nSPS) is 13.9. The number of hydrogen-bond acceptors (Lipinski definition) is 7. The van der Waals surface area contributed by atoms with Crippen LogP contribution in [-0.2, 0) is 9.53 Å². The molecule has 8 heteroatoms. The second-order valence-electron chi connectivity index (χ2n) is 6.89. The fourth-order valence-electron chi connectivity index (χ4n) is 3.36. The number of fused-ring (bicyclic) bond motifs is 1. The van der Waals surface area contributed by atoms with Crippen molar-refractivity contribution in [1.82, 2.24) is 14.9 Å². The lowest BCUT2D eigenvalue weighted by atomic mass is 10.2. The maximum atomic E-state index is 12.5. The molecule has 1 amide bonds. The Labute approximate surface area is 174 Å². The quantitative estimate of drug-likeness (QED) is 0.600. The first-order chi connectivity index (χ1) is 14.6. The van der Waals surface area contributed by atoms with Crippen molar-refractivity contribution >= 4 is 28.6 Å². The lowest BCUT2D eigenvalue weighted by molar-refractivity contribution is -0.134. The van der Waals surface area contributed by atoms with E-state index in [1.807, 2.05) is 42.5 Å². The number of esters is 1. The molecule has 0 saturated carbocycles. The van der Waals surface area contributed by atoms with Crippen LogP contribution in [0, 0.1) is 0 Å². The minimum absolute atomic E-state index is 0.0887. The van der Waals surface area contributed by atoms with Crippen LogP contribution in [0.1, 0.15) is 10.5 Å². The zero-order valence-corrected chi connectivity index (χ0v) is 16.7. The first kappa shape index (κ1) is 19.6. The summed E-state index contributed by atoms with van der Waals surface area (Å²) in [7, 11) is 1.64. The van der Waals surface area contributed by atoms with E-state index in [4.69, 9.17) is 9.47 Å². The van der Waals surface area contributed by atoms with Crippen LogP contribution in [0.25, 0.3) is 11.0 Å². The van der Waals surface area contributed by atoms with Gasteiger partial charge in [0.15, 0.2) is 12.3 Å². The van der Waals surface area contributed by atoms with E-state index in [1.165, 1.54) is 6.20 Å². The summed E-state index contributed by atoms with van der Waals surface area (Å²) >= 11 is 0. The maximum Gasteiger partial charge on any atom is 0.359 e. The molecular weight excluding hydrogens is 384 g/mol. The smallest absolute Gasteiger partial charge is 0.359 e. The number of piperazine rings is 1. The van der Waals surface area contributed by atoms with Crippen LogP contribution >= 0.6 is 0 Å². The molecule has 1 fully saturated rings. The Balaban J connectivity index is 1.28. The predicted octanol–water partition coefficient (Wildman–Crippen LogP) is 2.14. The highest BCUT2D eigenvalue weighted by atomic mass is 16.5. The van der Waals surface area contributed by atoms with Gasteiger partial charge in [0.1, 0.15) is 5.75 Å². The van der Waals surface area contributed by atoms with Gasteiger partial charge in [-0.15, -0.1) is 0 Å². The highest BCUT2D eigenvalue weighted by Gasteiger charge is 2.23. The summed E-state index contributed by atoms with van der Waals surface area (Å²) in [5, 5.41) is 0. The Hall–Kier alpha value is -3.68. The summed E-state index contributed by atoms with van der Waals surface area (Å²) in [5.41, 5.74) is 2.47. The van der Waals surface area contributed by atoms with Crippen LogP contribution in [-0.4, -0.2) is 66.6 Å². The molecule has 0 unspecified atom stereocenters. The average Bonchev–Trinajstić information content (AvgIpc) is 2.82. The van der Waals surface area contributed by atoms with Gasteiger partial charge in [0.05, 0.1) is 24.3 Å². The molecule has 1 aliphatic heterocycles. The molecule has 1 aromatic heterocycles. The molecule has 0 bridgehead atoms. The van der Waals surface area contributed by atoms with E-state index in [0.29, 0.717) is 37.2 Å². The minimum Gasteiger partial charge on any atom is -0.497 e. The summed E-state index contributed by atoms with van der Waals surface area (Å²) in [4.78, 5) is 37.1. The van der Waals surface area contributed by atoms with E-state index in [-0.39, 0.29) is 18.2 Å². The fourth-order valence-corrected chi connectivity index (χ4v) is 3.36. The monoisotopic (exact) mass is 406 g/mol. The predicted molar refractivity (Wildman–Crippen MR) is 112 cm³/mol. The Morgan fingerprint density at radius 2 is 1.67 bits per heavy atom. The lowest BCUT2D eigenvalue weighted by Gasteiger charge is -2.36. The zero-order valence-electron chi connectivity index (χ0n) is 16.7. The fraction of sp³-hybridized carbons (Fsp3) is 0.273. The number of amides is 1. The van der Waals surface area contributed by atoms with Crippen LogP contribution in [0.3, 0.4) is 0 Å². The molecule has 0 aliphatic carbocycles. The van der Waals surface area contributed by atoms with Crippen molar-refractivity contribution in [3.05, 3.63) is 60.4 Å². The molecule has 2 heterocycles. The number of hydrogen-bond donors (Lipinski definition) is 0. The van der Waals surface area contributed by atoms with Gasteiger partial charge in [-0.05, 0) is 36.4 Å². The topological polar surface area (TPSA) is 84.9 Å². The molecule has 1 saturated heterocycles. The van der Waals surface area contributed by atoms with Crippen molar-refractivity contribution in [3.8, 4) is 5.75 Å². The summed E-state index contributed by atoms with van der Waals surface area (Å²) in [6.45, 7) is 2.25. The van der Waals surface area contributed by atoms with Gasteiger partial charge in [-0.25, -0.2) is 9.78 Å². The van der Waals surface area contributed by atoms with E-state index in [9.17, 15) is 9.59 Å². The first-order valence-electron chi connectivity index (χ1n) is 9.70. The summed E-state index contributed by atoms with van der Waals surface area (Å²) in [6.07, 6.45) is 1.36. The van der Waals surface area contributed by atoms with Gasteiger partial charge in [-0.2, -0.15) is 0 Å². The largest absolute Gasteiger partial charge is 0.497 e. The number of carbonyl (C=O) groups is 2. The molecule has 3 aromatic rings. The SMILES string of the molecule is COc1ccc(N2CCN(C(=O)COC(=O)c3cnc4ccccc4n3)CC2)cc1. The van der Waals surface area contributed by atoms with E-state index < -0.39 is 5.97 Å². The zero-order chi connectivity index (χ0) is 20.9. The van der Waals surface area contributed by atoms with Gasteiger partial charge < -0.3 is 19.3 Å². The highest BCUT2D eigenvalue weighted by Crippen LogP contribution is 2.20. The van der Waals surface area contributed by atoms with Gasteiger partial charge in [0, 0.05) is 31.9 Å². The molecule has 154 valence electrons. The van der Waals surface area contributed by atoms with Gasteiger partial charge in [-0.1, -0.05) is 12.1 Å². The lowest BCUT2D eigenvalue weighted by Crippen LogP contribution is -2.49. The highest BCUT2D eigenvalue weighted by molar-refractivity contribution is 5.91. The summed E-state index contributed by atoms with van der Waals surface area (Å²) < 4.78 is 10.4. The second-order valence-corrected chi connectivity index (χ2v) is 6.89. The summed E-state index contributed by atoms with van der Waals surface area (Å²) in [5.74, 6) is -0.0598. The third kappa shape index (κ3) is 4.32. The van der Waals surface area contributed by atoms with Gasteiger partial charge >= 0.3 is 5.97 Å². The molecule has 8 nitrogen and oxygen atoms in total. The van der Waals surface area contributed by atoms with Crippen LogP contribution < -0.4 is 9.64 Å². The van der Waals surface area contributed by atoms with Crippen molar-refractivity contribution in [2.45, 2.75) is 0 Å². The molecule has 4 rings (SSSR count). The third-order valence-electron chi connectivity index (χ3n) is 5.05. The van der Waals surface area contributed by atoms with Crippen molar-refractivity contribution in [2.75, 3.05) is 44.8 Å². The van der Waals surface area contributed by atoms with E-state index in [1.54, 1.807) is 18.1 Å². The Kier molecular flexibility index (Phi) is 5.74. The molecule has 2 aromatic carbocycles. The number of carbonyl (C=O) groups excluding carboxylic acids is 2. The van der Waals surface area contributed by atoms with Crippen molar-refractivity contribution in [2.24, 2.45) is 0 Å². The standard InChI is InChI=1S/C22H22N4O4/c1-29-17-8-6-16(7-9-17)25-10-12-26(13-11-25)21(27)15-30-22(28)20-14-23-18-4-2-3-5-19(18)24-20/h2-9,14H,10-13,15H2,1H3. The number of nitrogens with zero attached hydrogens (tertiary/aromatic N) is 4.